The average molecular weight is 481 g/mol. The number of nitrogens with one attached hydrogen (secondary N) is 1. The first kappa shape index (κ1) is 20.4. The van der Waals surface area contributed by atoms with Crippen LogP contribution in [0.25, 0.3) is 0 Å². The maximum absolute atomic E-state index is 13.2. The molecule has 0 aromatic heterocycles. The number of rotatable bonds is 4. The predicted molar refractivity (Wildman–Crippen MR) is 121 cm³/mol. The van der Waals surface area contributed by atoms with Crippen molar-refractivity contribution in [2.24, 2.45) is 23.7 Å². The normalized spacial score (nSPS) is 28.9. The van der Waals surface area contributed by atoms with Crippen LogP contribution < -0.4 is 5.32 Å². The van der Waals surface area contributed by atoms with Crippen molar-refractivity contribution >= 4 is 39.3 Å². The summed E-state index contributed by atoms with van der Waals surface area (Å²) in [6.07, 6.45) is 1.89. The molecule has 3 fully saturated rings. The third-order valence-electron chi connectivity index (χ3n) is 7.36. The van der Waals surface area contributed by atoms with E-state index >= 15 is 0 Å². The number of aryl methyl sites for hydroxylation is 2. The van der Waals surface area contributed by atoms with Crippen LogP contribution in [0.3, 0.4) is 0 Å². The van der Waals surface area contributed by atoms with Gasteiger partial charge in [-0.2, -0.15) is 0 Å². The summed E-state index contributed by atoms with van der Waals surface area (Å²) in [6.45, 7) is 3.70. The lowest BCUT2D eigenvalue weighted by Crippen LogP contribution is -2.39. The zero-order valence-electron chi connectivity index (χ0n) is 17.6. The van der Waals surface area contributed by atoms with Gasteiger partial charge in [-0.3, -0.25) is 19.3 Å². The van der Waals surface area contributed by atoms with Crippen molar-refractivity contribution in [2.45, 2.75) is 32.6 Å². The molecule has 2 bridgehead atoms. The molecule has 1 N–H and O–H groups in total. The Kier molecular flexibility index (Phi) is 5.00. The summed E-state index contributed by atoms with van der Waals surface area (Å²) < 4.78 is 1.01. The summed E-state index contributed by atoms with van der Waals surface area (Å²) in [5.74, 6) is -0.431. The number of anilines is 1. The van der Waals surface area contributed by atoms with Gasteiger partial charge in [0.2, 0.25) is 17.7 Å². The summed E-state index contributed by atoms with van der Waals surface area (Å²) in [7, 11) is 0. The average Bonchev–Trinajstić information content (AvgIpc) is 3.40. The molecule has 0 radical (unpaired) electrons. The number of carbonyl (C=O) groups is 3. The van der Waals surface area contributed by atoms with Gasteiger partial charge in [-0.1, -0.05) is 46.3 Å². The highest BCUT2D eigenvalue weighted by Gasteiger charge is 2.63. The van der Waals surface area contributed by atoms with Gasteiger partial charge in [0.25, 0.3) is 0 Å². The molecule has 1 aliphatic heterocycles. The second-order valence-electron chi connectivity index (χ2n) is 9.20. The molecule has 5 rings (SSSR count). The van der Waals surface area contributed by atoms with Crippen molar-refractivity contribution in [1.29, 1.82) is 0 Å². The number of imide groups is 1. The number of carbonyl (C=O) groups excluding carboxylic acids is 3. The van der Waals surface area contributed by atoms with E-state index in [-0.39, 0.29) is 47.9 Å². The van der Waals surface area contributed by atoms with Crippen molar-refractivity contribution in [3.8, 4) is 0 Å². The predicted octanol–water partition coefficient (Wildman–Crippen LogP) is 4.43. The minimum absolute atomic E-state index is 0.160. The van der Waals surface area contributed by atoms with Gasteiger partial charge in [-0.25, -0.2) is 0 Å². The number of amides is 3. The fourth-order valence-electron chi connectivity index (χ4n) is 6.12. The SMILES string of the molecule is Cc1cc(NC(=O)CN2C(=O)[C@H]3[C@@H]4C[C@@H]([C@@H]3C2=O)[C@@H](c2ccccc2)C4)cc(C)c1Br. The zero-order chi connectivity index (χ0) is 21.9. The van der Waals surface area contributed by atoms with Crippen LogP contribution in [0.5, 0.6) is 0 Å². The third-order valence-corrected chi connectivity index (χ3v) is 8.61. The number of fused-ring (bicyclic) bond motifs is 5. The molecule has 3 amide bonds. The van der Waals surface area contributed by atoms with Crippen molar-refractivity contribution in [3.63, 3.8) is 0 Å². The minimum atomic E-state index is -0.338. The molecule has 5 nitrogen and oxygen atoms in total. The molecular formula is C25H25BrN2O3. The third kappa shape index (κ3) is 3.32. The molecule has 1 heterocycles. The smallest absolute Gasteiger partial charge is 0.244 e. The van der Waals surface area contributed by atoms with Crippen LogP contribution in [-0.2, 0) is 14.4 Å². The molecule has 3 aliphatic rings. The number of halogens is 1. The Morgan fingerprint density at radius 2 is 1.68 bits per heavy atom. The standard InChI is InChI=1S/C25H25BrN2O3/c1-13-8-17(9-14(2)23(13)26)27-20(29)12-28-24(30)21-16-10-18(15-6-4-3-5-7-15)19(11-16)22(21)25(28)31/h3-9,16,18-19,21-22H,10-12H2,1-2H3,(H,27,29)/t16-,18+,19+,21-,22-/m0/s1. The highest BCUT2D eigenvalue weighted by atomic mass is 79.9. The van der Waals surface area contributed by atoms with Crippen LogP contribution in [0, 0.1) is 37.5 Å². The molecule has 2 aliphatic carbocycles. The molecule has 160 valence electrons. The van der Waals surface area contributed by atoms with Gasteiger partial charge < -0.3 is 5.32 Å². The first-order valence-corrected chi connectivity index (χ1v) is 11.6. The largest absolute Gasteiger partial charge is 0.325 e. The van der Waals surface area contributed by atoms with E-state index in [0.717, 1.165) is 28.4 Å². The summed E-state index contributed by atoms with van der Waals surface area (Å²) >= 11 is 3.52. The lowest BCUT2D eigenvalue weighted by Gasteiger charge is -2.28. The molecular weight excluding hydrogens is 456 g/mol. The molecule has 1 saturated heterocycles. The Balaban J connectivity index is 1.31. The second kappa shape index (κ2) is 7.59. The summed E-state index contributed by atoms with van der Waals surface area (Å²) in [6, 6.07) is 14.1. The van der Waals surface area contributed by atoms with E-state index in [0.29, 0.717) is 11.6 Å². The quantitative estimate of drug-likeness (QED) is 0.658. The summed E-state index contributed by atoms with van der Waals surface area (Å²) in [5.41, 5.74) is 3.96. The molecule has 2 saturated carbocycles. The number of hydrogen-bond acceptors (Lipinski definition) is 3. The van der Waals surface area contributed by atoms with Crippen molar-refractivity contribution in [2.75, 3.05) is 11.9 Å². The highest BCUT2D eigenvalue weighted by Crippen LogP contribution is 2.61. The van der Waals surface area contributed by atoms with E-state index in [1.807, 2.05) is 44.2 Å². The van der Waals surface area contributed by atoms with Gasteiger partial charge in [0.1, 0.15) is 6.54 Å². The minimum Gasteiger partial charge on any atom is -0.325 e. The topological polar surface area (TPSA) is 66.5 Å². The Hall–Kier alpha value is -2.47. The highest BCUT2D eigenvalue weighted by molar-refractivity contribution is 9.10. The van der Waals surface area contributed by atoms with Crippen LogP contribution in [0.4, 0.5) is 5.69 Å². The van der Waals surface area contributed by atoms with E-state index in [4.69, 9.17) is 0 Å². The van der Waals surface area contributed by atoms with Crippen molar-refractivity contribution in [3.05, 3.63) is 63.6 Å². The van der Waals surface area contributed by atoms with Crippen LogP contribution in [0.1, 0.15) is 35.4 Å². The Morgan fingerprint density at radius 1 is 1.03 bits per heavy atom. The molecule has 6 heteroatoms. The monoisotopic (exact) mass is 480 g/mol. The van der Waals surface area contributed by atoms with Crippen LogP contribution in [-0.4, -0.2) is 29.2 Å². The fraction of sp³-hybridized carbons (Fsp3) is 0.400. The van der Waals surface area contributed by atoms with E-state index in [9.17, 15) is 14.4 Å². The number of benzene rings is 2. The van der Waals surface area contributed by atoms with Gasteiger partial charge in [-0.05, 0) is 73.3 Å². The Morgan fingerprint density at radius 3 is 2.35 bits per heavy atom. The zero-order valence-corrected chi connectivity index (χ0v) is 19.2. The maximum atomic E-state index is 13.2. The summed E-state index contributed by atoms with van der Waals surface area (Å²) in [5, 5.41) is 2.85. The van der Waals surface area contributed by atoms with Crippen molar-refractivity contribution < 1.29 is 14.4 Å². The van der Waals surface area contributed by atoms with E-state index in [2.05, 4.69) is 33.4 Å². The number of nitrogens with zero attached hydrogens (tertiary/aromatic N) is 1. The van der Waals surface area contributed by atoms with E-state index in [1.165, 1.54) is 10.5 Å². The van der Waals surface area contributed by atoms with Crippen LogP contribution in [0.15, 0.2) is 46.9 Å². The number of likely N-dealkylation sites (tertiary alicyclic amines) is 1. The van der Waals surface area contributed by atoms with E-state index < -0.39 is 0 Å². The van der Waals surface area contributed by atoms with Gasteiger partial charge in [0, 0.05) is 10.2 Å². The maximum Gasteiger partial charge on any atom is 0.244 e. The van der Waals surface area contributed by atoms with Gasteiger partial charge in [0.15, 0.2) is 0 Å². The Labute approximate surface area is 190 Å². The molecule has 31 heavy (non-hydrogen) atoms. The molecule has 5 atom stereocenters. The second-order valence-corrected chi connectivity index (χ2v) is 9.99. The first-order valence-electron chi connectivity index (χ1n) is 10.8. The molecule has 0 spiro atoms. The first-order chi connectivity index (χ1) is 14.8. The fourth-order valence-corrected chi connectivity index (χ4v) is 6.35. The van der Waals surface area contributed by atoms with Gasteiger partial charge in [-0.15, -0.1) is 0 Å². The molecule has 2 aromatic rings. The summed E-state index contributed by atoms with van der Waals surface area (Å²) in [4.78, 5) is 40.2. The van der Waals surface area contributed by atoms with Gasteiger partial charge in [0.05, 0.1) is 11.8 Å². The van der Waals surface area contributed by atoms with Crippen LogP contribution >= 0.6 is 15.9 Å². The Bertz CT molecular complexity index is 1060. The molecule has 0 unspecified atom stereocenters. The van der Waals surface area contributed by atoms with Crippen LogP contribution in [0.2, 0.25) is 0 Å². The van der Waals surface area contributed by atoms with Crippen molar-refractivity contribution in [1.82, 2.24) is 4.90 Å². The lowest BCUT2D eigenvalue weighted by atomic mass is 9.73. The van der Waals surface area contributed by atoms with Gasteiger partial charge >= 0.3 is 0 Å². The molecule has 2 aromatic carbocycles. The number of hydrogen-bond donors (Lipinski definition) is 1. The van der Waals surface area contributed by atoms with E-state index in [1.54, 1.807) is 0 Å². The lowest BCUT2D eigenvalue weighted by molar-refractivity contribution is -0.143.